The topological polar surface area (TPSA) is 84.3 Å². The number of nitrogens with zero attached hydrogens (tertiary/aromatic N) is 2. The van der Waals surface area contributed by atoms with E-state index in [1.54, 1.807) is 13.0 Å². The summed E-state index contributed by atoms with van der Waals surface area (Å²) in [6.45, 7) is 4.33. The molecular formula is C10H15N3O3. The van der Waals surface area contributed by atoms with E-state index in [0.29, 0.717) is 24.8 Å². The lowest BCUT2D eigenvalue weighted by Crippen LogP contribution is -2.20. The van der Waals surface area contributed by atoms with Crippen LogP contribution in [0.25, 0.3) is 0 Å². The van der Waals surface area contributed by atoms with Gasteiger partial charge in [-0.1, -0.05) is 6.92 Å². The molecule has 0 radical (unpaired) electrons. The Morgan fingerprint density at radius 3 is 3.00 bits per heavy atom. The molecule has 0 amide bonds. The van der Waals surface area contributed by atoms with E-state index in [1.165, 1.54) is 6.33 Å². The molecule has 1 aromatic rings. The molecule has 1 heterocycles. The zero-order valence-corrected chi connectivity index (χ0v) is 9.30. The molecular weight excluding hydrogens is 210 g/mol. The molecule has 0 bridgehead atoms. The molecule has 0 saturated carbocycles. The lowest BCUT2D eigenvalue weighted by molar-refractivity contribution is -0.140. The van der Waals surface area contributed by atoms with Gasteiger partial charge in [-0.15, -0.1) is 0 Å². The molecule has 1 unspecified atom stereocenters. The highest BCUT2D eigenvalue weighted by molar-refractivity contribution is 5.70. The van der Waals surface area contributed by atoms with E-state index in [-0.39, 0.29) is 0 Å². The van der Waals surface area contributed by atoms with Gasteiger partial charge in [-0.2, -0.15) is 0 Å². The number of hydrogen-bond donors (Lipinski definition) is 2. The molecule has 0 fully saturated rings. The number of ether oxygens (including phenoxy) is 1. The van der Waals surface area contributed by atoms with E-state index >= 15 is 0 Å². The van der Waals surface area contributed by atoms with Crippen molar-refractivity contribution in [3.05, 3.63) is 12.4 Å². The molecule has 0 spiro atoms. The van der Waals surface area contributed by atoms with Crippen molar-refractivity contribution >= 4 is 11.8 Å². The van der Waals surface area contributed by atoms with Gasteiger partial charge in [-0.05, 0) is 6.92 Å². The summed E-state index contributed by atoms with van der Waals surface area (Å²) in [5.41, 5.74) is 0. The highest BCUT2D eigenvalue weighted by Gasteiger charge is 2.10. The van der Waals surface area contributed by atoms with E-state index in [0.717, 1.165) is 0 Å². The van der Waals surface area contributed by atoms with Crippen LogP contribution in [0.15, 0.2) is 12.4 Å². The predicted molar refractivity (Wildman–Crippen MR) is 58.5 cm³/mol. The summed E-state index contributed by atoms with van der Waals surface area (Å²) in [6, 6.07) is 1.64. The molecule has 0 aliphatic rings. The fourth-order valence-electron chi connectivity index (χ4n) is 1.01. The van der Waals surface area contributed by atoms with Gasteiger partial charge in [0.2, 0.25) is 5.88 Å². The summed E-state index contributed by atoms with van der Waals surface area (Å²) in [6.07, 6.45) is 1.37. The van der Waals surface area contributed by atoms with Crippen LogP contribution in [0.3, 0.4) is 0 Å². The Hall–Kier alpha value is -1.85. The molecule has 6 nitrogen and oxygen atoms in total. The summed E-state index contributed by atoms with van der Waals surface area (Å²) >= 11 is 0. The van der Waals surface area contributed by atoms with E-state index in [2.05, 4.69) is 15.3 Å². The Morgan fingerprint density at radius 2 is 2.38 bits per heavy atom. The van der Waals surface area contributed by atoms with Gasteiger partial charge >= 0.3 is 5.97 Å². The third-order valence-corrected chi connectivity index (χ3v) is 1.95. The van der Waals surface area contributed by atoms with E-state index < -0.39 is 11.9 Å². The van der Waals surface area contributed by atoms with Crippen LogP contribution in [-0.2, 0) is 4.79 Å². The first kappa shape index (κ1) is 12.2. The first-order chi connectivity index (χ1) is 7.63. The minimum absolute atomic E-state index is 0.317. The SMILES string of the molecule is CCOc1cc(NCC(C)C(=O)O)ncn1. The number of nitrogens with one attached hydrogen (secondary N) is 1. The van der Waals surface area contributed by atoms with Crippen LogP contribution in [-0.4, -0.2) is 34.2 Å². The number of hydrogen-bond acceptors (Lipinski definition) is 5. The normalized spacial score (nSPS) is 11.9. The van der Waals surface area contributed by atoms with Crippen LogP contribution in [0.5, 0.6) is 5.88 Å². The maximum atomic E-state index is 10.6. The average Bonchev–Trinajstić information content (AvgIpc) is 2.26. The van der Waals surface area contributed by atoms with E-state index in [1.807, 2.05) is 6.92 Å². The van der Waals surface area contributed by atoms with Crippen LogP contribution < -0.4 is 10.1 Å². The predicted octanol–water partition coefficient (Wildman–Crippen LogP) is 1.01. The second-order valence-electron chi connectivity index (χ2n) is 3.29. The van der Waals surface area contributed by atoms with Gasteiger partial charge < -0.3 is 15.2 Å². The third kappa shape index (κ3) is 3.72. The van der Waals surface area contributed by atoms with Crippen molar-refractivity contribution in [3.63, 3.8) is 0 Å². The molecule has 0 aliphatic carbocycles. The Kier molecular flexibility index (Phi) is 4.50. The fourth-order valence-corrected chi connectivity index (χ4v) is 1.01. The van der Waals surface area contributed by atoms with Gasteiger partial charge in [0.25, 0.3) is 0 Å². The molecule has 1 aromatic heterocycles. The van der Waals surface area contributed by atoms with Crippen LogP contribution >= 0.6 is 0 Å². The maximum Gasteiger partial charge on any atom is 0.308 e. The summed E-state index contributed by atoms with van der Waals surface area (Å²) in [5.74, 6) is -0.272. The highest BCUT2D eigenvalue weighted by Crippen LogP contribution is 2.11. The molecule has 88 valence electrons. The van der Waals surface area contributed by atoms with Gasteiger partial charge in [0.15, 0.2) is 0 Å². The van der Waals surface area contributed by atoms with Gasteiger partial charge in [-0.3, -0.25) is 4.79 Å². The number of aliphatic carboxylic acids is 1. The number of rotatable bonds is 6. The quantitative estimate of drug-likeness (QED) is 0.751. The summed E-state index contributed by atoms with van der Waals surface area (Å²) < 4.78 is 5.19. The number of carbonyl (C=O) groups is 1. The summed E-state index contributed by atoms with van der Waals surface area (Å²) in [4.78, 5) is 18.5. The molecule has 0 aliphatic heterocycles. The third-order valence-electron chi connectivity index (χ3n) is 1.95. The second-order valence-corrected chi connectivity index (χ2v) is 3.29. The first-order valence-electron chi connectivity index (χ1n) is 5.05. The fraction of sp³-hybridized carbons (Fsp3) is 0.500. The molecule has 2 N–H and O–H groups in total. The molecule has 1 atom stereocenters. The summed E-state index contributed by atoms with van der Waals surface area (Å²) in [7, 11) is 0. The van der Waals surface area contributed by atoms with Crippen LogP contribution in [0.2, 0.25) is 0 Å². The zero-order valence-electron chi connectivity index (χ0n) is 9.30. The van der Waals surface area contributed by atoms with Gasteiger partial charge in [0.05, 0.1) is 12.5 Å². The van der Waals surface area contributed by atoms with Crippen LogP contribution in [0.1, 0.15) is 13.8 Å². The van der Waals surface area contributed by atoms with Gasteiger partial charge in [0, 0.05) is 12.6 Å². The van der Waals surface area contributed by atoms with Crippen molar-refractivity contribution < 1.29 is 14.6 Å². The lowest BCUT2D eigenvalue weighted by atomic mass is 10.2. The van der Waals surface area contributed by atoms with Crippen LogP contribution in [0, 0.1) is 5.92 Å². The van der Waals surface area contributed by atoms with E-state index in [9.17, 15) is 4.79 Å². The molecule has 0 aromatic carbocycles. The molecule has 6 heteroatoms. The number of carboxylic acid groups (broad SMARTS) is 1. The van der Waals surface area contributed by atoms with E-state index in [4.69, 9.17) is 9.84 Å². The molecule has 1 rings (SSSR count). The van der Waals surface area contributed by atoms with Crippen molar-refractivity contribution in [2.45, 2.75) is 13.8 Å². The minimum atomic E-state index is -0.841. The minimum Gasteiger partial charge on any atom is -0.481 e. The highest BCUT2D eigenvalue weighted by atomic mass is 16.5. The average molecular weight is 225 g/mol. The Balaban J connectivity index is 2.53. The van der Waals surface area contributed by atoms with Crippen molar-refractivity contribution in [2.75, 3.05) is 18.5 Å². The van der Waals surface area contributed by atoms with Crippen LogP contribution in [0.4, 0.5) is 5.82 Å². The molecule has 0 saturated heterocycles. The number of carboxylic acids is 1. The number of aromatic nitrogens is 2. The zero-order chi connectivity index (χ0) is 12.0. The largest absolute Gasteiger partial charge is 0.481 e. The van der Waals surface area contributed by atoms with Gasteiger partial charge in [0.1, 0.15) is 12.1 Å². The first-order valence-corrected chi connectivity index (χ1v) is 5.05. The standard InChI is InChI=1S/C10H15N3O3/c1-3-16-9-4-8(12-6-13-9)11-5-7(2)10(14)15/h4,6-7H,3,5H2,1-2H3,(H,14,15)(H,11,12,13). The Labute approximate surface area is 93.7 Å². The van der Waals surface area contributed by atoms with Crippen molar-refractivity contribution in [1.82, 2.24) is 9.97 Å². The maximum absolute atomic E-state index is 10.6. The second kappa shape index (κ2) is 5.89. The van der Waals surface area contributed by atoms with Gasteiger partial charge in [-0.25, -0.2) is 9.97 Å². The molecule has 16 heavy (non-hydrogen) atoms. The monoisotopic (exact) mass is 225 g/mol. The number of anilines is 1. The van der Waals surface area contributed by atoms with Crippen molar-refractivity contribution in [3.8, 4) is 5.88 Å². The Morgan fingerprint density at radius 1 is 1.62 bits per heavy atom. The Bertz CT molecular complexity index is 357. The van der Waals surface area contributed by atoms with Crippen molar-refractivity contribution in [1.29, 1.82) is 0 Å². The summed E-state index contributed by atoms with van der Waals surface area (Å²) in [5, 5.41) is 11.6. The smallest absolute Gasteiger partial charge is 0.308 e. The lowest BCUT2D eigenvalue weighted by Gasteiger charge is -2.09. The van der Waals surface area contributed by atoms with Crippen molar-refractivity contribution in [2.24, 2.45) is 5.92 Å².